The molecule has 0 aliphatic carbocycles. The summed E-state index contributed by atoms with van der Waals surface area (Å²) in [7, 11) is 0. The number of nitrogens with zero attached hydrogens (tertiary/aromatic N) is 1. The number of carbonyl (C=O) groups excluding carboxylic acids is 1. The smallest absolute Gasteiger partial charge is 0.410 e. The largest absolute Gasteiger partial charge is 0.447 e. The highest BCUT2D eigenvalue weighted by Crippen LogP contribution is 2.33. The van der Waals surface area contributed by atoms with Crippen molar-refractivity contribution in [2.45, 2.75) is 32.4 Å². The van der Waals surface area contributed by atoms with Crippen molar-refractivity contribution < 1.29 is 9.53 Å². The summed E-state index contributed by atoms with van der Waals surface area (Å²) in [5, 5.41) is 0. The molecule has 1 aliphatic heterocycles. The fourth-order valence-corrected chi connectivity index (χ4v) is 2.08. The third kappa shape index (κ3) is 1.90. The van der Waals surface area contributed by atoms with Crippen LogP contribution in [0.5, 0.6) is 0 Å². The Morgan fingerprint density at radius 1 is 1.25 bits per heavy atom. The van der Waals surface area contributed by atoms with E-state index < -0.39 is 0 Å². The molecule has 1 amide bonds. The second-order valence-corrected chi connectivity index (χ2v) is 5.04. The summed E-state index contributed by atoms with van der Waals surface area (Å²) in [6.45, 7) is 6.51. The van der Waals surface area contributed by atoms with Gasteiger partial charge in [-0.3, -0.25) is 4.90 Å². The monoisotopic (exact) mass is 219 g/mol. The van der Waals surface area contributed by atoms with Gasteiger partial charge in [-0.1, -0.05) is 30.3 Å². The maximum absolute atomic E-state index is 11.7. The van der Waals surface area contributed by atoms with Crippen molar-refractivity contribution >= 4 is 6.09 Å². The van der Waals surface area contributed by atoms with Gasteiger partial charge >= 0.3 is 6.09 Å². The molecule has 1 aromatic rings. The molecule has 2 rings (SSSR count). The molecular formula is C13H17NO2. The van der Waals surface area contributed by atoms with Crippen LogP contribution >= 0.6 is 0 Å². The van der Waals surface area contributed by atoms with Crippen molar-refractivity contribution in [1.82, 2.24) is 4.90 Å². The van der Waals surface area contributed by atoms with Gasteiger partial charge in [0.05, 0.1) is 6.04 Å². The SMILES string of the molecule is CC(C)(C)N1C(=O)OC[C@@H]1c1ccccc1. The third-order valence-corrected chi connectivity index (χ3v) is 2.78. The molecule has 1 fully saturated rings. The van der Waals surface area contributed by atoms with E-state index in [2.05, 4.69) is 0 Å². The Morgan fingerprint density at radius 2 is 1.88 bits per heavy atom. The van der Waals surface area contributed by atoms with Gasteiger partial charge in [0.2, 0.25) is 0 Å². The molecule has 86 valence electrons. The molecule has 3 nitrogen and oxygen atoms in total. The molecule has 0 spiro atoms. The first-order chi connectivity index (χ1) is 7.50. The van der Waals surface area contributed by atoms with Crippen molar-refractivity contribution in [2.75, 3.05) is 6.61 Å². The molecular weight excluding hydrogens is 202 g/mol. The molecule has 0 radical (unpaired) electrons. The van der Waals surface area contributed by atoms with Crippen LogP contribution in [0.1, 0.15) is 32.4 Å². The summed E-state index contributed by atoms with van der Waals surface area (Å²) in [6.07, 6.45) is -0.221. The van der Waals surface area contributed by atoms with Gasteiger partial charge in [0.25, 0.3) is 0 Å². The van der Waals surface area contributed by atoms with Gasteiger partial charge in [-0.15, -0.1) is 0 Å². The molecule has 0 N–H and O–H groups in total. The van der Waals surface area contributed by atoms with Crippen LogP contribution < -0.4 is 0 Å². The molecule has 0 aromatic heterocycles. The van der Waals surface area contributed by atoms with E-state index in [1.54, 1.807) is 0 Å². The molecule has 0 saturated carbocycles. The zero-order chi connectivity index (χ0) is 11.8. The van der Waals surface area contributed by atoms with Gasteiger partial charge in [0.1, 0.15) is 6.61 Å². The minimum absolute atomic E-state index is 0.0358. The Kier molecular flexibility index (Phi) is 2.62. The van der Waals surface area contributed by atoms with Gasteiger partial charge in [0.15, 0.2) is 0 Å². The first kappa shape index (κ1) is 11.0. The highest BCUT2D eigenvalue weighted by Gasteiger charge is 2.40. The number of hydrogen-bond donors (Lipinski definition) is 0. The van der Waals surface area contributed by atoms with E-state index in [-0.39, 0.29) is 17.7 Å². The Balaban J connectivity index is 2.32. The molecule has 1 aromatic carbocycles. The summed E-state index contributed by atoms with van der Waals surface area (Å²) in [5.41, 5.74) is 0.914. The lowest BCUT2D eigenvalue weighted by atomic mass is 10.00. The molecule has 1 saturated heterocycles. The van der Waals surface area contributed by atoms with Gasteiger partial charge in [-0.2, -0.15) is 0 Å². The number of cyclic esters (lactones) is 1. The summed E-state index contributed by atoms with van der Waals surface area (Å²) < 4.78 is 5.15. The zero-order valence-corrected chi connectivity index (χ0v) is 9.93. The van der Waals surface area contributed by atoms with E-state index in [1.807, 2.05) is 56.0 Å². The summed E-state index contributed by atoms with van der Waals surface area (Å²) >= 11 is 0. The Bertz CT molecular complexity index is 381. The lowest BCUT2D eigenvalue weighted by Gasteiger charge is -2.34. The second-order valence-electron chi connectivity index (χ2n) is 5.04. The number of hydrogen-bond acceptors (Lipinski definition) is 2. The lowest BCUT2D eigenvalue weighted by Crippen LogP contribution is -2.43. The van der Waals surface area contributed by atoms with Gasteiger partial charge < -0.3 is 4.74 Å². The normalized spacial score (nSPS) is 21.1. The van der Waals surface area contributed by atoms with E-state index in [4.69, 9.17) is 4.74 Å². The van der Waals surface area contributed by atoms with Gasteiger partial charge in [-0.25, -0.2) is 4.79 Å². The molecule has 0 unspecified atom stereocenters. The average molecular weight is 219 g/mol. The van der Waals surface area contributed by atoms with Crippen LogP contribution in [0.25, 0.3) is 0 Å². The summed E-state index contributed by atoms with van der Waals surface area (Å²) in [4.78, 5) is 13.5. The number of rotatable bonds is 1. The molecule has 1 aliphatic rings. The standard InChI is InChI=1S/C13H17NO2/c1-13(2,3)14-11(9-16-12(14)15)10-7-5-4-6-8-10/h4-8,11H,9H2,1-3H3/t11-/m1/s1. The van der Waals surface area contributed by atoms with Crippen LogP contribution in [-0.4, -0.2) is 23.1 Å². The number of amides is 1. The average Bonchev–Trinajstić information content (AvgIpc) is 2.61. The maximum atomic E-state index is 11.7. The molecule has 16 heavy (non-hydrogen) atoms. The van der Waals surface area contributed by atoms with Crippen LogP contribution in [0.3, 0.4) is 0 Å². The van der Waals surface area contributed by atoms with Crippen molar-refractivity contribution in [3.8, 4) is 0 Å². The fourth-order valence-electron chi connectivity index (χ4n) is 2.08. The second kappa shape index (κ2) is 3.81. The van der Waals surface area contributed by atoms with Crippen LogP contribution in [-0.2, 0) is 4.74 Å². The lowest BCUT2D eigenvalue weighted by molar-refractivity contribution is 0.122. The third-order valence-electron chi connectivity index (χ3n) is 2.78. The van der Waals surface area contributed by atoms with Gasteiger partial charge in [0, 0.05) is 5.54 Å². The van der Waals surface area contributed by atoms with E-state index in [0.29, 0.717) is 6.61 Å². The predicted octanol–water partition coefficient (Wildman–Crippen LogP) is 2.98. The Labute approximate surface area is 96.0 Å². The van der Waals surface area contributed by atoms with E-state index in [9.17, 15) is 4.79 Å². The van der Waals surface area contributed by atoms with Crippen LogP contribution in [0.4, 0.5) is 4.79 Å². The van der Waals surface area contributed by atoms with E-state index in [0.717, 1.165) is 5.56 Å². The first-order valence-corrected chi connectivity index (χ1v) is 5.51. The molecule has 1 atom stereocenters. The number of ether oxygens (including phenoxy) is 1. The minimum atomic E-state index is -0.221. The van der Waals surface area contributed by atoms with Gasteiger partial charge in [-0.05, 0) is 26.3 Å². The highest BCUT2D eigenvalue weighted by molar-refractivity contribution is 5.71. The maximum Gasteiger partial charge on any atom is 0.410 e. The topological polar surface area (TPSA) is 29.5 Å². The molecule has 3 heteroatoms. The highest BCUT2D eigenvalue weighted by atomic mass is 16.6. The minimum Gasteiger partial charge on any atom is -0.447 e. The van der Waals surface area contributed by atoms with E-state index >= 15 is 0 Å². The molecule has 1 heterocycles. The fraction of sp³-hybridized carbons (Fsp3) is 0.462. The quantitative estimate of drug-likeness (QED) is 0.726. The van der Waals surface area contributed by atoms with Crippen LogP contribution in [0.15, 0.2) is 30.3 Å². The van der Waals surface area contributed by atoms with Crippen molar-refractivity contribution in [2.24, 2.45) is 0 Å². The number of carbonyl (C=O) groups is 1. The Hall–Kier alpha value is -1.51. The van der Waals surface area contributed by atoms with Crippen LogP contribution in [0.2, 0.25) is 0 Å². The van der Waals surface area contributed by atoms with Crippen molar-refractivity contribution in [1.29, 1.82) is 0 Å². The van der Waals surface area contributed by atoms with E-state index in [1.165, 1.54) is 0 Å². The Morgan fingerprint density at radius 3 is 2.44 bits per heavy atom. The van der Waals surface area contributed by atoms with Crippen molar-refractivity contribution in [3.05, 3.63) is 35.9 Å². The summed E-state index contributed by atoms with van der Waals surface area (Å²) in [5.74, 6) is 0. The van der Waals surface area contributed by atoms with Crippen LogP contribution in [0, 0.1) is 0 Å². The zero-order valence-electron chi connectivity index (χ0n) is 9.93. The first-order valence-electron chi connectivity index (χ1n) is 5.51. The summed E-state index contributed by atoms with van der Waals surface area (Å²) in [6, 6.07) is 10.0. The predicted molar refractivity (Wildman–Crippen MR) is 62.1 cm³/mol. The molecule has 0 bridgehead atoms. The number of benzene rings is 1. The van der Waals surface area contributed by atoms with Crippen molar-refractivity contribution in [3.63, 3.8) is 0 Å².